The fourth-order valence-corrected chi connectivity index (χ4v) is 4.33. The van der Waals surface area contributed by atoms with Crippen LogP contribution < -0.4 is 10.2 Å². The molecule has 152 valence electrons. The van der Waals surface area contributed by atoms with Crippen LogP contribution in [-0.2, 0) is 11.2 Å². The molecule has 4 rings (SSSR count). The Morgan fingerprint density at radius 3 is 2.67 bits per heavy atom. The van der Waals surface area contributed by atoms with E-state index in [1.165, 1.54) is 29.8 Å². The summed E-state index contributed by atoms with van der Waals surface area (Å²) in [4.78, 5) is 24.1. The largest absolute Gasteiger partial charge is 0.350 e. The first-order valence-electron chi connectivity index (χ1n) is 9.64. The lowest BCUT2D eigenvalue weighted by molar-refractivity contribution is -0.114. The lowest BCUT2D eigenvalue weighted by atomic mass is 10.1. The van der Waals surface area contributed by atoms with Gasteiger partial charge in [-0.25, -0.2) is 14.4 Å². The van der Waals surface area contributed by atoms with Crippen LogP contribution in [-0.4, -0.2) is 29.5 Å². The number of carbonyl (C=O) groups is 1. The maximum Gasteiger partial charge on any atom is 0.243 e. The summed E-state index contributed by atoms with van der Waals surface area (Å²) >= 11 is 1.50. The summed E-state index contributed by atoms with van der Waals surface area (Å²) < 4.78 is 13.4. The van der Waals surface area contributed by atoms with Gasteiger partial charge in [0.1, 0.15) is 22.8 Å². The molecule has 0 saturated carbocycles. The SMILES string of the molecule is CCc1ccccc1NC(=O)CN(C)c1ncnc2scc(-c3ccc(F)cc3)c12. The zero-order valence-corrected chi connectivity index (χ0v) is 17.5. The fraction of sp³-hybridized carbons (Fsp3) is 0.174. The Morgan fingerprint density at radius 1 is 1.13 bits per heavy atom. The molecule has 1 amide bonds. The summed E-state index contributed by atoms with van der Waals surface area (Å²) in [6, 6.07) is 14.1. The van der Waals surface area contributed by atoms with Crippen LogP contribution in [0.1, 0.15) is 12.5 Å². The Hall–Kier alpha value is -3.32. The van der Waals surface area contributed by atoms with Gasteiger partial charge < -0.3 is 10.2 Å². The molecule has 2 heterocycles. The van der Waals surface area contributed by atoms with Crippen LogP contribution in [0.4, 0.5) is 15.9 Å². The molecule has 7 heteroatoms. The van der Waals surface area contributed by atoms with Gasteiger partial charge in [0.15, 0.2) is 0 Å². The summed E-state index contributed by atoms with van der Waals surface area (Å²) in [5.74, 6) is 0.263. The van der Waals surface area contributed by atoms with Crippen molar-refractivity contribution in [3.8, 4) is 11.1 Å². The Kier molecular flexibility index (Phi) is 5.72. The molecule has 1 N–H and O–H groups in total. The average molecular weight is 421 g/mol. The fourth-order valence-electron chi connectivity index (χ4n) is 3.42. The Balaban J connectivity index is 1.61. The average Bonchev–Trinajstić information content (AvgIpc) is 3.19. The Bertz CT molecular complexity index is 1190. The number of halogens is 1. The predicted molar refractivity (Wildman–Crippen MR) is 121 cm³/mol. The lowest BCUT2D eigenvalue weighted by Crippen LogP contribution is -2.31. The highest BCUT2D eigenvalue weighted by Gasteiger charge is 2.18. The van der Waals surface area contributed by atoms with Gasteiger partial charge in [-0.2, -0.15) is 0 Å². The van der Waals surface area contributed by atoms with E-state index >= 15 is 0 Å². The summed E-state index contributed by atoms with van der Waals surface area (Å²) in [6.07, 6.45) is 2.35. The molecule has 0 spiro atoms. The number of rotatable bonds is 6. The number of benzene rings is 2. The van der Waals surface area contributed by atoms with Crippen molar-refractivity contribution in [3.63, 3.8) is 0 Å². The minimum atomic E-state index is -0.282. The molecule has 0 atom stereocenters. The molecule has 0 aliphatic rings. The van der Waals surface area contributed by atoms with Crippen LogP contribution in [0.15, 0.2) is 60.2 Å². The van der Waals surface area contributed by atoms with E-state index in [1.807, 2.05) is 41.6 Å². The van der Waals surface area contributed by atoms with E-state index in [4.69, 9.17) is 0 Å². The van der Waals surface area contributed by atoms with E-state index in [0.29, 0.717) is 5.82 Å². The van der Waals surface area contributed by atoms with E-state index in [2.05, 4.69) is 22.2 Å². The molecule has 4 aromatic rings. The smallest absolute Gasteiger partial charge is 0.243 e. The number of fused-ring (bicyclic) bond motifs is 1. The van der Waals surface area contributed by atoms with E-state index in [-0.39, 0.29) is 18.3 Å². The van der Waals surface area contributed by atoms with Gasteiger partial charge in [0, 0.05) is 23.7 Å². The number of nitrogens with zero attached hydrogens (tertiary/aromatic N) is 3. The van der Waals surface area contributed by atoms with E-state index < -0.39 is 0 Å². The zero-order valence-electron chi connectivity index (χ0n) is 16.7. The summed E-state index contributed by atoms with van der Waals surface area (Å²) in [5, 5.41) is 5.84. The monoisotopic (exact) mass is 420 g/mol. The summed E-state index contributed by atoms with van der Waals surface area (Å²) in [7, 11) is 1.83. The van der Waals surface area contributed by atoms with Crippen molar-refractivity contribution in [2.75, 3.05) is 23.8 Å². The minimum absolute atomic E-state index is 0.122. The molecular weight excluding hydrogens is 399 g/mol. The first-order valence-corrected chi connectivity index (χ1v) is 10.5. The molecule has 5 nitrogen and oxygen atoms in total. The second-order valence-electron chi connectivity index (χ2n) is 6.95. The number of para-hydroxylation sites is 1. The van der Waals surface area contributed by atoms with Crippen LogP contribution in [0.2, 0.25) is 0 Å². The molecule has 2 aromatic heterocycles. The molecule has 30 heavy (non-hydrogen) atoms. The highest BCUT2D eigenvalue weighted by molar-refractivity contribution is 7.17. The van der Waals surface area contributed by atoms with Crippen molar-refractivity contribution in [3.05, 3.63) is 71.6 Å². The number of likely N-dealkylation sites (N-methyl/N-ethyl adjacent to an activating group) is 1. The number of aryl methyl sites for hydroxylation is 1. The maximum atomic E-state index is 13.4. The van der Waals surface area contributed by atoms with E-state index in [0.717, 1.165) is 39.0 Å². The second-order valence-corrected chi connectivity index (χ2v) is 7.81. The van der Waals surface area contributed by atoms with Gasteiger partial charge in [0.05, 0.1) is 11.9 Å². The number of aromatic nitrogens is 2. The van der Waals surface area contributed by atoms with Gasteiger partial charge in [-0.15, -0.1) is 11.3 Å². The number of amides is 1. The predicted octanol–water partition coefficient (Wildman–Crippen LogP) is 5.13. The molecule has 2 aromatic carbocycles. The van der Waals surface area contributed by atoms with Gasteiger partial charge in [0.25, 0.3) is 0 Å². The van der Waals surface area contributed by atoms with E-state index in [9.17, 15) is 9.18 Å². The highest BCUT2D eigenvalue weighted by atomic mass is 32.1. The third-order valence-electron chi connectivity index (χ3n) is 4.92. The summed E-state index contributed by atoms with van der Waals surface area (Å²) in [6.45, 7) is 2.20. The number of carbonyl (C=O) groups excluding carboxylic acids is 1. The lowest BCUT2D eigenvalue weighted by Gasteiger charge is -2.19. The molecule has 0 unspecified atom stereocenters. The van der Waals surface area contributed by atoms with Crippen molar-refractivity contribution < 1.29 is 9.18 Å². The molecule has 0 saturated heterocycles. The number of nitrogens with one attached hydrogen (secondary N) is 1. The maximum absolute atomic E-state index is 13.4. The quantitative estimate of drug-likeness (QED) is 0.470. The van der Waals surface area contributed by atoms with Crippen molar-refractivity contribution in [1.29, 1.82) is 0 Å². The number of hydrogen-bond donors (Lipinski definition) is 1. The van der Waals surface area contributed by atoms with Crippen molar-refractivity contribution >= 4 is 39.0 Å². The number of anilines is 2. The molecule has 0 aliphatic carbocycles. The van der Waals surface area contributed by atoms with Crippen LogP contribution in [0, 0.1) is 5.82 Å². The van der Waals surface area contributed by atoms with Gasteiger partial charge in [-0.05, 0) is 35.7 Å². The van der Waals surface area contributed by atoms with Gasteiger partial charge in [-0.3, -0.25) is 4.79 Å². The molecule has 0 aliphatic heterocycles. The summed E-state index contributed by atoms with van der Waals surface area (Å²) in [5.41, 5.74) is 3.73. The molecule has 0 fully saturated rings. The topological polar surface area (TPSA) is 58.1 Å². The number of hydrogen-bond acceptors (Lipinski definition) is 5. The standard InChI is InChI=1S/C23H21FN4OS/c1-3-15-6-4-5-7-19(15)27-20(29)12-28(2)22-21-18(13-30-23(21)26-14-25-22)16-8-10-17(24)11-9-16/h4-11,13-14H,3,12H2,1-2H3,(H,27,29). The van der Waals surface area contributed by atoms with Gasteiger partial charge in [0.2, 0.25) is 5.91 Å². The molecular formula is C23H21FN4OS. The minimum Gasteiger partial charge on any atom is -0.350 e. The molecule has 0 bridgehead atoms. The third-order valence-corrected chi connectivity index (χ3v) is 5.81. The van der Waals surface area contributed by atoms with Gasteiger partial charge in [-0.1, -0.05) is 37.3 Å². The number of thiophene rings is 1. The first-order chi connectivity index (χ1) is 14.6. The Labute approximate surface area is 178 Å². The van der Waals surface area contributed by atoms with Crippen LogP contribution in [0.3, 0.4) is 0 Å². The van der Waals surface area contributed by atoms with Crippen molar-refractivity contribution in [1.82, 2.24) is 9.97 Å². The van der Waals surface area contributed by atoms with Crippen molar-refractivity contribution in [2.24, 2.45) is 0 Å². The third kappa shape index (κ3) is 4.02. The van der Waals surface area contributed by atoms with Crippen LogP contribution in [0.5, 0.6) is 0 Å². The highest BCUT2D eigenvalue weighted by Crippen LogP contribution is 2.37. The Morgan fingerprint density at radius 2 is 1.90 bits per heavy atom. The normalized spacial score (nSPS) is 10.9. The molecule has 0 radical (unpaired) electrons. The van der Waals surface area contributed by atoms with Crippen LogP contribution >= 0.6 is 11.3 Å². The zero-order chi connectivity index (χ0) is 21.1. The van der Waals surface area contributed by atoms with Crippen molar-refractivity contribution in [2.45, 2.75) is 13.3 Å². The van der Waals surface area contributed by atoms with Crippen LogP contribution in [0.25, 0.3) is 21.3 Å². The first kappa shape index (κ1) is 20.0. The second kappa shape index (κ2) is 8.59. The van der Waals surface area contributed by atoms with Gasteiger partial charge >= 0.3 is 0 Å². The van der Waals surface area contributed by atoms with E-state index in [1.54, 1.807) is 12.1 Å².